The van der Waals surface area contributed by atoms with Gasteiger partial charge in [-0.05, 0) is 47.7 Å². The van der Waals surface area contributed by atoms with Gasteiger partial charge in [-0.1, -0.05) is 6.07 Å². The monoisotopic (exact) mass is 527 g/mol. The molecule has 1 amide bonds. The minimum Gasteiger partial charge on any atom is -0.483 e. The minimum atomic E-state index is -3.05. The quantitative estimate of drug-likeness (QED) is 0.476. The summed E-state index contributed by atoms with van der Waals surface area (Å²) >= 11 is 1.68. The summed E-state index contributed by atoms with van der Waals surface area (Å²) in [6.07, 6.45) is 3.97. The maximum Gasteiger partial charge on any atom is 0.258 e. The van der Waals surface area contributed by atoms with Crippen LogP contribution in [0.5, 0.6) is 5.75 Å². The number of nitrogens with one attached hydrogen (secondary N) is 1. The first-order valence-electron chi connectivity index (χ1n) is 12.0. The van der Waals surface area contributed by atoms with Crippen LogP contribution < -0.4 is 15.0 Å². The minimum absolute atomic E-state index is 0.000496. The molecule has 0 spiro atoms. The van der Waals surface area contributed by atoms with Gasteiger partial charge in [-0.2, -0.15) is 0 Å². The number of aromatic nitrogens is 2. The summed E-state index contributed by atoms with van der Waals surface area (Å²) in [5, 5.41) is 4.84. The van der Waals surface area contributed by atoms with Gasteiger partial charge in [-0.15, -0.1) is 11.3 Å². The van der Waals surface area contributed by atoms with Crippen LogP contribution in [-0.2, 0) is 21.2 Å². The second-order valence-electron chi connectivity index (χ2n) is 9.07. The fourth-order valence-electron chi connectivity index (χ4n) is 4.56. The Morgan fingerprint density at radius 3 is 2.61 bits per heavy atom. The molecule has 2 aliphatic rings. The highest BCUT2D eigenvalue weighted by atomic mass is 32.2. The number of thiophene rings is 1. The van der Waals surface area contributed by atoms with E-state index in [4.69, 9.17) is 4.74 Å². The van der Waals surface area contributed by atoms with Gasteiger partial charge >= 0.3 is 0 Å². The molecule has 0 bridgehead atoms. The van der Waals surface area contributed by atoms with Crippen molar-refractivity contribution in [2.75, 3.05) is 49.2 Å². The second-order valence-corrected chi connectivity index (χ2v) is 12.2. The highest BCUT2D eigenvalue weighted by Crippen LogP contribution is 2.31. The van der Waals surface area contributed by atoms with E-state index in [1.54, 1.807) is 23.7 Å². The summed E-state index contributed by atoms with van der Waals surface area (Å²) in [7, 11) is -3.05. The summed E-state index contributed by atoms with van der Waals surface area (Å²) in [6.45, 7) is 3.92. The largest absolute Gasteiger partial charge is 0.483 e. The standard InChI is InChI=1S/C25H29N5O4S2/c31-24(28-21-6-14-36(32,33)18-21)17-34-22-5-4-19(23-3-1-13-35-23)15-20(22)16-29-9-11-30(12-10-29)25-26-7-2-8-27-25/h1-5,7-8,13,15,21H,6,9-12,14,16-18H2,(H,28,31)/t21-/m0/s1. The fraction of sp³-hybridized carbons (Fsp3) is 0.400. The molecule has 9 nitrogen and oxygen atoms in total. The molecule has 0 unspecified atom stereocenters. The summed E-state index contributed by atoms with van der Waals surface area (Å²) < 4.78 is 29.3. The number of ether oxygens (including phenoxy) is 1. The van der Waals surface area contributed by atoms with E-state index in [0.29, 0.717) is 18.7 Å². The fourth-order valence-corrected chi connectivity index (χ4v) is 6.96. The van der Waals surface area contributed by atoms with E-state index in [1.807, 2.05) is 24.3 Å². The molecule has 0 saturated carbocycles. The molecule has 36 heavy (non-hydrogen) atoms. The normalized spacial score (nSPS) is 19.8. The number of carbonyl (C=O) groups excluding carboxylic acids is 1. The maximum absolute atomic E-state index is 12.5. The number of rotatable bonds is 8. The van der Waals surface area contributed by atoms with E-state index in [0.717, 1.165) is 43.3 Å². The van der Waals surface area contributed by atoms with Gasteiger partial charge in [-0.3, -0.25) is 9.69 Å². The number of hydrogen-bond donors (Lipinski definition) is 1. The van der Waals surface area contributed by atoms with Crippen LogP contribution in [0.3, 0.4) is 0 Å². The number of benzene rings is 1. The molecule has 2 aromatic heterocycles. The molecule has 3 aromatic rings. The third-order valence-corrected chi connectivity index (χ3v) is 9.11. The first kappa shape index (κ1) is 24.7. The molecule has 2 saturated heterocycles. The Balaban J connectivity index is 1.24. The predicted molar refractivity (Wildman–Crippen MR) is 140 cm³/mol. The summed E-state index contributed by atoms with van der Waals surface area (Å²) in [5.74, 6) is 1.23. The maximum atomic E-state index is 12.5. The highest BCUT2D eigenvalue weighted by Gasteiger charge is 2.29. The van der Waals surface area contributed by atoms with Crippen molar-refractivity contribution < 1.29 is 17.9 Å². The number of amides is 1. The topological polar surface area (TPSA) is 105 Å². The van der Waals surface area contributed by atoms with E-state index < -0.39 is 9.84 Å². The van der Waals surface area contributed by atoms with Crippen molar-refractivity contribution in [1.82, 2.24) is 20.2 Å². The molecule has 1 N–H and O–H groups in total. The van der Waals surface area contributed by atoms with E-state index in [-0.39, 0.29) is 30.1 Å². The zero-order valence-corrected chi connectivity index (χ0v) is 21.5. The third-order valence-electron chi connectivity index (χ3n) is 6.42. The van der Waals surface area contributed by atoms with E-state index >= 15 is 0 Å². The molecule has 0 aliphatic carbocycles. The average Bonchev–Trinajstić information content (AvgIpc) is 3.54. The Morgan fingerprint density at radius 1 is 1.11 bits per heavy atom. The second kappa shape index (κ2) is 10.9. The number of carbonyl (C=O) groups is 1. The van der Waals surface area contributed by atoms with Crippen LogP contribution in [0.25, 0.3) is 10.4 Å². The lowest BCUT2D eigenvalue weighted by Crippen LogP contribution is -2.46. The zero-order valence-electron chi connectivity index (χ0n) is 19.9. The van der Waals surface area contributed by atoms with E-state index in [1.165, 1.54) is 4.88 Å². The Hall–Kier alpha value is -3.02. The zero-order chi connectivity index (χ0) is 25.0. The molecule has 1 aromatic carbocycles. The van der Waals surface area contributed by atoms with Crippen LogP contribution in [0.2, 0.25) is 0 Å². The van der Waals surface area contributed by atoms with E-state index in [9.17, 15) is 13.2 Å². The Bertz CT molecular complexity index is 1280. The van der Waals surface area contributed by atoms with Crippen molar-refractivity contribution >= 4 is 33.0 Å². The number of sulfone groups is 1. The van der Waals surface area contributed by atoms with Gasteiger partial charge in [0, 0.05) is 61.6 Å². The van der Waals surface area contributed by atoms with Crippen LogP contribution in [0, 0.1) is 0 Å². The van der Waals surface area contributed by atoms with Gasteiger partial charge < -0.3 is 15.0 Å². The van der Waals surface area contributed by atoms with Crippen molar-refractivity contribution in [2.24, 2.45) is 0 Å². The summed E-state index contributed by atoms with van der Waals surface area (Å²) in [4.78, 5) is 26.9. The summed E-state index contributed by atoms with van der Waals surface area (Å²) in [6, 6.07) is 11.7. The van der Waals surface area contributed by atoms with Crippen LogP contribution in [-0.4, -0.2) is 79.5 Å². The molecule has 4 heterocycles. The van der Waals surface area contributed by atoms with Gasteiger partial charge in [0.15, 0.2) is 16.4 Å². The van der Waals surface area contributed by atoms with Crippen LogP contribution in [0.15, 0.2) is 54.2 Å². The number of anilines is 1. The first-order valence-corrected chi connectivity index (χ1v) is 14.7. The number of nitrogens with zero attached hydrogens (tertiary/aromatic N) is 4. The van der Waals surface area contributed by atoms with Crippen LogP contribution in [0.1, 0.15) is 12.0 Å². The van der Waals surface area contributed by atoms with Gasteiger partial charge in [0.2, 0.25) is 5.95 Å². The van der Waals surface area contributed by atoms with Crippen molar-refractivity contribution in [3.8, 4) is 16.2 Å². The molecule has 2 aliphatic heterocycles. The molecule has 1 atom stereocenters. The van der Waals surface area contributed by atoms with Crippen molar-refractivity contribution in [2.45, 2.75) is 19.0 Å². The predicted octanol–water partition coefficient (Wildman–Crippen LogP) is 2.21. The SMILES string of the molecule is O=C(COc1ccc(-c2cccs2)cc1CN1CCN(c2ncccn2)CC1)N[C@H]1CCS(=O)(=O)C1. The molecule has 2 fully saturated rings. The van der Waals surface area contributed by atoms with Crippen LogP contribution in [0.4, 0.5) is 5.95 Å². The van der Waals surface area contributed by atoms with Crippen molar-refractivity contribution in [1.29, 1.82) is 0 Å². The Kier molecular flexibility index (Phi) is 7.49. The molecule has 0 radical (unpaired) electrons. The third kappa shape index (κ3) is 6.21. The molecule has 190 valence electrons. The van der Waals surface area contributed by atoms with Gasteiger partial charge in [0.1, 0.15) is 5.75 Å². The lowest BCUT2D eigenvalue weighted by Gasteiger charge is -2.35. The van der Waals surface area contributed by atoms with Crippen molar-refractivity contribution in [3.63, 3.8) is 0 Å². The first-order chi connectivity index (χ1) is 17.4. The highest BCUT2D eigenvalue weighted by molar-refractivity contribution is 7.91. The number of hydrogen-bond acceptors (Lipinski definition) is 9. The van der Waals surface area contributed by atoms with Crippen LogP contribution >= 0.6 is 11.3 Å². The Morgan fingerprint density at radius 2 is 1.92 bits per heavy atom. The Labute approximate surface area is 215 Å². The molecular weight excluding hydrogens is 498 g/mol. The average molecular weight is 528 g/mol. The molecule has 11 heteroatoms. The van der Waals surface area contributed by atoms with Gasteiger partial charge in [0.25, 0.3) is 5.91 Å². The van der Waals surface area contributed by atoms with Crippen molar-refractivity contribution in [3.05, 3.63) is 59.7 Å². The van der Waals surface area contributed by atoms with Gasteiger partial charge in [-0.25, -0.2) is 18.4 Å². The number of piperazine rings is 1. The lowest BCUT2D eigenvalue weighted by molar-refractivity contribution is -0.123. The van der Waals surface area contributed by atoms with Gasteiger partial charge in [0.05, 0.1) is 11.5 Å². The van der Waals surface area contributed by atoms with E-state index in [2.05, 4.69) is 42.6 Å². The lowest BCUT2D eigenvalue weighted by atomic mass is 10.1. The molecular formula is C25H29N5O4S2. The smallest absolute Gasteiger partial charge is 0.258 e. The molecule has 5 rings (SSSR count). The summed E-state index contributed by atoms with van der Waals surface area (Å²) in [5.41, 5.74) is 2.13.